The SMILES string of the molecule is CC.CC.CNC(=O)c1ccn2ncnc(Cl)c12. The fraction of sp³-hybridized carbons (Fsp3) is 0.417. The molecule has 0 atom stereocenters. The van der Waals surface area contributed by atoms with Crippen molar-refractivity contribution < 1.29 is 4.79 Å². The Balaban J connectivity index is 0.000000659. The molecule has 2 rings (SSSR count). The predicted molar refractivity (Wildman–Crippen MR) is 74.1 cm³/mol. The molecule has 2 aromatic rings. The summed E-state index contributed by atoms with van der Waals surface area (Å²) in [4.78, 5) is 15.2. The van der Waals surface area contributed by atoms with E-state index in [0.717, 1.165) is 0 Å². The molecule has 0 aliphatic rings. The molecule has 0 aliphatic heterocycles. The summed E-state index contributed by atoms with van der Waals surface area (Å²) in [5.74, 6) is -0.204. The molecule has 0 spiro atoms. The van der Waals surface area contributed by atoms with Crippen LogP contribution in [0.5, 0.6) is 0 Å². The standard InChI is InChI=1S/C8H7ClN4O.2C2H6/c1-10-8(14)5-2-3-13-6(5)7(9)11-4-12-13;2*1-2/h2-4H,1H3,(H,10,14);2*1-2H3. The molecule has 0 aliphatic carbocycles. The molecule has 5 nitrogen and oxygen atoms in total. The Hall–Kier alpha value is -1.62. The average molecular weight is 271 g/mol. The van der Waals surface area contributed by atoms with Gasteiger partial charge in [-0.2, -0.15) is 5.10 Å². The maximum atomic E-state index is 11.4. The number of aromatic nitrogens is 3. The second-order valence-corrected chi connectivity index (χ2v) is 3.01. The first-order valence-electron chi connectivity index (χ1n) is 5.94. The van der Waals surface area contributed by atoms with Crippen molar-refractivity contribution in [2.24, 2.45) is 0 Å². The maximum Gasteiger partial charge on any atom is 0.253 e. The molecule has 0 radical (unpaired) electrons. The monoisotopic (exact) mass is 270 g/mol. The molecule has 0 saturated carbocycles. The Morgan fingerprint density at radius 2 is 1.94 bits per heavy atom. The van der Waals surface area contributed by atoms with Gasteiger partial charge >= 0.3 is 0 Å². The van der Waals surface area contributed by atoms with E-state index in [-0.39, 0.29) is 11.1 Å². The Bertz CT molecular complexity index is 496. The van der Waals surface area contributed by atoms with E-state index < -0.39 is 0 Å². The van der Waals surface area contributed by atoms with Crippen LogP contribution in [0.1, 0.15) is 38.1 Å². The van der Waals surface area contributed by atoms with Crippen LogP contribution < -0.4 is 5.32 Å². The summed E-state index contributed by atoms with van der Waals surface area (Å²) in [5.41, 5.74) is 0.992. The van der Waals surface area contributed by atoms with Crippen LogP contribution in [0.3, 0.4) is 0 Å². The van der Waals surface area contributed by atoms with Crippen molar-refractivity contribution in [2.75, 3.05) is 7.05 Å². The second-order valence-electron chi connectivity index (χ2n) is 2.65. The van der Waals surface area contributed by atoms with Crippen molar-refractivity contribution in [1.82, 2.24) is 19.9 Å². The first kappa shape index (κ1) is 16.4. The number of rotatable bonds is 1. The van der Waals surface area contributed by atoms with E-state index in [1.807, 2.05) is 27.7 Å². The van der Waals surface area contributed by atoms with Crippen LogP contribution in [0.25, 0.3) is 5.52 Å². The van der Waals surface area contributed by atoms with E-state index in [4.69, 9.17) is 11.6 Å². The van der Waals surface area contributed by atoms with Gasteiger partial charge in [-0.05, 0) is 6.07 Å². The summed E-state index contributed by atoms with van der Waals surface area (Å²) < 4.78 is 1.51. The van der Waals surface area contributed by atoms with Crippen LogP contribution in [-0.4, -0.2) is 27.6 Å². The molecule has 0 aromatic carbocycles. The van der Waals surface area contributed by atoms with E-state index in [9.17, 15) is 4.79 Å². The van der Waals surface area contributed by atoms with Crippen LogP contribution in [0.15, 0.2) is 18.6 Å². The van der Waals surface area contributed by atoms with E-state index in [1.165, 1.54) is 10.8 Å². The lowest BCUT2D eigenvalue weighted by molar-refractivity contribution is 0.0965. The summed E-state index contributed by atoms with van der Waals surface area (Å²) >= 11 is 5.85. The zero-order valence-corrected chi connectivity index (χ0v) is 12.1. The first-order chi connectivity index (χ1) is 8.74. The highest BCUT2D eigenvalue weighted by Gasteiger charge is 2.13. The molecule has 1 N–H and O–H groups in total. The van der Waals surface area contributed by atoms with Gasteiger partial charge < -0.3 is 5.32 Å². The molecule has 100 valence electrons. The van der Waals surface area contributed by atoms with Gasteiger partial charge in [-0.1, -0.05) is 39.3 Å². The van der Waals surface area contributed by atoms with Crippen LogP contribution in [-0.2, 0) is 0 Å². The lowest BCUT2D eigenvalue weighted by Crippen LogP contribution is -2.17. The van der Waals surface area contributed by atoms with Gasteiger partial charge in [0.25, 0.3) is 5.91 Å². The first-order valence-corrected chi connectivity index (χ1v) is 6.31. The predicted octanol–water partition coefficient (Wildman–Crippen LogP) is 2.79. The van der Waals surface area contributed by atoms with E-state index in [1.54, 1.807) is 19.3 Å². The number of carbonyl (C=O) groups is 1. The number of fused-ring (bicyclic) bond motifs is 1. The van der Waals surface area contributed by atoms with E-state index in [0.29, 0.717) is 11.1 Å². The van der Waals surface area contributed by atoms with Crippen molar-refractivity contribution in [1.29, 1.82) is 0 Å². The summed E-state index contributed by atoms with van der Waals surface area (Å²) in [5, 5.41) is 6.71. The average Bonchev–Trinajstić information content (AvgIpc) is 2.88. The highest BCUT2D eigenvalue weighted by molar-refractivity contribution is 6.33. The summed E-state index contributed by atoms with van der Waals surface area (Å²) in [6, 6.07) is 1.65. The zero-order chi connectivity index (χ0) is 14.1. The highest BCUT2D eigenvalue weighted by atomic mass is 35.5. The fourth-order valence-corrected chi connectivity index (χ4v) is 1.47. The minimum absolute atomic E-state index is 0.204. The zero-order valence-electron chi connectivity index (χ0n) is 11.4. The van der Waals surface area contributed by atoms with Crippen molar-refractivity contribution in [3.63, 3.8) is 0 Å². The van der Waals surface area contributed by atoms with E-state index in [2.05, 4.69) is 15.4 Å². The molecule has 2 heterocycles. The maximum absolute atomic E-state index is 11.4. The number of hydrogen-bond donors (Lipinski definition) is 1. The number of halogens is 1. The smallest absolute Gasteiger partial charge is 0.253 e. The third-order valence-electron chi connectivity index (χ3n) is 1.88. The molecule has 1 amide bonds. The van der Waals surface area contributed by atoms with Gasteiger partial charge in [0.2, 0.25) is 0 Å². The lowest BCUT2D eigenvalue weighted by atomic mass is 10.3. The molecule has 0 bridgehead atoms. The Morgan fingerprint density at radius 3 is 2.50 bits per heavy atom. The molecular weight excluding hydrogens is 252 g/mol. The number of carbonyl (C=O) groups excluding carboxylic acids is 1. The number of hydrogen-bond acceptors (Lipinski definition) is 3. The molecule has 2 aromatic heterocycles. The number of nitrogens with one attached hydrogen (secondary N) is 1. The van der Waals surface area contributed by atoms with E-state index >= 15 is 0 Å². The highest BCUT2D eigenvalue weighted by Crippen LogP contribution is 2.18. The molecular formula is C12H19ClN4O. The fourth-order valence-electron chi connectivity index (χ4n) is 1.24. The number of amides is 1. The summed E-state index contributed by atoms with van der Waals surface area (Å²) in [6.45, 7) is 8.00. The molecule has 6 heteroatoms. The minimum atomic E-state index is -0.204. The topological polar surface area (TPSA) is 59.3 Å². The Labute approximate surface area is 112 Å². The van der Waals surface area contributed by atoms with Crippen LogP contribution in [0.4, 0.5) is 0 Å². The Kier molecular flexibility index (Phi) is 7.71. The third kappa shape index (κ3) is 3.43. The summed E-state index contributed by atoms with van der Waals surface area (Å²) in [6.07, 6.45) is 3.00. The molecule has 0 unspecified atom stereocenters. The van der Waals surface area contributed by atoms with Gasteiger partial charge in [0.05, 0.1) is 5.56 Å². The summed E-state index contributed by atoms with van der Waals surface area (Å²) in [7, 11) is 1.56. The molecule has 18 heavy (non-hydrogen) atoms. The van der Waals surface area contributed by atoms with Gasteiger partial charge in [0.15, 0.2) is 5.15 Å². The Morgan fingerprint density at radius 1 is 1.33 bits per heavy atom. The van der Waals surface area contributed by atoms with Gasteiger partial charge in [-0.25, -0.2) is 9.50 Å². The van der Waals surface area contributed by atoms with Crippen molar-refractivity contribution in [3.8, 4) is 0 Å². The van der Waals surface area contributed by atoms with Crippen LogP contribution in [0.2, 0.25) is 5.15 Å². The van der Waals surface area contributed by atoms with Gasteiger partial charge in [0, 0.05) is 13.2 Å². The van der Waals surface area contributed by atoms with Crippen LogP contribution >= 0.6 is 11.6 Å². The van der Waals surface area contributed by atoms with Crippen molar-refractivity contribution >= 4 is 23.0 Å². The molecule has 0 fully saturated rings. The van der Waals surface area contributed by atoms with Gasteiger partial charge in [0.1, 0.15) is 11.8 Å². The number of nitrogens with zero attached hydrogens (tertiary/aromatic N) is 3. The normalized spacial score (nSPS) is 8.78. The van der Waals surface area contributed by atoms with Gasteiger partial charge in [-0.15, -0.1) is 0 Å². The third-order valence-corrected chi connectivity index (χ3v) is 2.16. The second kappa shape index (κ2) is 8.47. The lowest BCUT2D eigenvalue weighted by Gasteiger charge is -1.98. The van der Waals surface area contributed by atoms with Crippen LogP contribution in [0, 0.1) is 0 Å². The minimum Gasteiger partial charge on any atom is -0.355 e. The largest absolute Gasteiger partial charge is 0.355 e. The van der Waals surface area contributed by atoms with Crippen molar-refractivity contribution in [2.45, 2.75) is 27.7 Å². The molecule has 0 saturated heterocycles. The van der Waals surface area contributed by atoms with Crippen molar-refractivity contribution in [3.05, 3.63) is 29.3 Å². The quantitative estimate of drug-likeness (QED) is 0.867. The van der Waals surface area contributed by atoms with Gasteiger partial charge in [-0.3, -0.25) is 4.79 Å².